The van der Waals surface area contributed by atoms with Crippen LogP contribution in [0.25, 0.3) is 0 Å². The van der Waals surface area contributed by atoms with Gasteiger partial charge in [0.15, 0.2) is 0 Å². The Morgan fingerprint density at radius 1 is 1.27 bits per heavy atom. The highest BCUT2D eigenvalue weighted by Gasteiger charge is 1.93. The van der Waals surface area contributed by atoms with Crippen molar-refractivity contribution >= 4 is 15.9 Å². The topological polar surface area (TPSA) is 52.4 Å². The van der Waals surface area contributed by atoms with Gasteiger partial charge in [-0.05, 0) is 12.8 Å². The lowest BCUT2D eigenvalue weighted by atomic mass is 10.2. The first-order valence-corrected chi connectivity index (χ1v) is 4.73. The third-order valence-electron chi connectivity index (χ3n) is 1.22. The van der Waals surface area contributed by atoms with Gasteiger partial charge in [0.2, 0.25) is 0 Å². The molecule has 66 valence electrons. The smallest absolute Gasteiger partial charge is 0.294 e. The average molecular weight is 226 g/mol. The molecule has 0 aliphatic carbocycles. The molecule has 0 spiro atoms. The van der Waals surface area contributed by atoms with E-state index in [1.54, 1.807) is 0 Å². The van der Waals surface area contributed by atoms with Crippen molar-refractivity contribution in [2.45, 2.75) is 25.7 Å². The Hall–Kier alpha value is -0.320. The van der Waals surface area contributed by atoms with Crippen molar-refractivity contribution in [3.05, 3.63) is 10.1 Å². The van der Waals surface area contributed by atoms with Gasteiger partial charge in [-0.15, -0.1) is 10.1 Å². The minimum Gasteiger partial charge on any atom is -0.314 e. The van der Waals surface area contributed by atoms with E-state index in [0.717, 1.165) is 31.0 Å². The van der Waals surface area contributed by atoms with Crippen LogP contribution < -0.4 is 0 Å². The van der Waals surface area contributed by atoms with E-state index in [9.17, 15) is 10.1 Å². The maximum Gasteiger partial charge on any atom is 0.294 e. The SMILES string of the molecule is O=[N+]([O-])OCCCCCCBr. The quantitative estimate of drug-likeness (QED) is 0.289. The van der Waals surface area contributed by atoms with Gasteiger partial charge >= 0.3 is 0 Å². The normalized spacial score (nSPS) is 9.55. The van der Waals surface area contributed by atoms with Gasteiger partial charge in [-0.25, -0.2) is 0 Å². The molecule has 0 rings (SSSR count). The Kier molecular flexibility index (Phi) is 7.56. The van der Waals surface area contributed by atoms with Crippen molar-refractivity contribution in [1.82, 2.24) is 0 Å². The van der Waals surface area contributed by atoms with Gasteiger partial charge < -0.3 is 4.84 Å². The molecule has 0 saturated heterocycles. The largest absolute Gasteiger partial charge is 0.314 e. The summed E-state index contributed by atoms with van der Waals surface area (Å²) in [6.45, 7) is 0.231. The number of unbranched alkanes of at least 4 members (excludes halogenated alkanes) is 3. The Balaban J connectivity index is 2.85. The van der Waals surface area contributed by atoms with E-state index < -0.39 is 5.09 Å². The second kappa shape index (κ2) is 7.78. The molecule has 0 N–H and O–H groups in total. The van der Waals surface area contributed by atoms with Crippen molar-refractivity contribution in [3.8, 4) is 0 Å². The summed E-state index contributed by atoms with van der Waals surface area (Å²) in [5.74, 6) is 0. The van der Waals surface area contributed by atoms with E-state index >= 15 is 0 Å². The van der Waals surface area contributed by atoms with Crippen LogP contribution in [0.5, 0.6) is 0 Å². The number of alkyl halides is 1. The molecule has 0 fully saturated rings. The summed E-state index contributed by atoms with van der Waals surface area (Å²) in [6, 6.07) is 0. The van der Waals surface area contributed by atoms with Crippen LogP contribution in [-0.4, -0.2) is 17.0 Å². The number of hydrogen-bond donors (Lipinski definition) is 0. The fraction of sp³-hybridized carbons (Fsp3) is 1.00. The fourth-order valence-electron chi connectivity index (χ4n) is 0.689. The molecule has 0 saturated carbocycles. The van der Waals surface area contributed by atoms with Crippen molar-refractivity contribution < 1.29 is 9.92 Å². The predicted molar refractivity (Wildman–Crippen MR) is 45.2 cm³/mol. The summed E-state index contributed by atoms with van der Waals surface area (Å²) >= 11 is 3.30. The molecule has 0 aliphatic heterocycles. The predicted octanol–water partition coefficient (Wildman–Crippen LogP) is 2.15. The highest BCUT2D eigenvalue weighted by molar-refractivity contribution is 9.09. The fourth-order valence-corrected chi connectivity index (χ4v) is 1.09. The maximum atomic E-state index is 9.66. The first kappa shape index (κ1) is 10.7. The molecule has 0 aromatic heterocycles. The van der Waals surface area contributed by atoms with E-state index in [4.69, 9.17) is 0 Å². The zero-order valence-corrected chi connectivity index (χ0v) is 7.88. The highest BCUT2D eigenvalue weighted by atomic mass is 79.9. The number of hydrogen-bond acceptors (Lipinski definition) is 3. The maximum absolute atomic E-state index is 9.66. The van der Waals surface area contributed by atoms with E-state index in [1.807, 2.05) is 0 Å². The Morgan fingerprint density at radius 2 is 1.91 bits per heavy atom. The number of halogens is 1. The molecule has 0 aliphatic rings. The molecule has 0 amide bonds. The lowest BCUT2D eigenvalue weighted by Crippen LogP contribution is -2.01. The molecular weight excluding hydrogens is 214 g/mol. The molecule has 0 radical (unpaired) electrons. The molecule has 0 aromatic carbocycles. The molecule has 0 unspecified atom stereocenters. The molecule has 0 heterocycles. The zero-order valence-electron chi connectivity index (χ0n) is 6.29. The lowest BCUT2D eigenvalue weighted by Gasteiger charge is -1.97. The van der Waals surface area contributed by atoms with E-state index in [0.29, 0.717) is 0 Å². The van der Waals surface area contributed by atoms with Crippen LogP contribution in [0.3, 0.4) is 0 Å². The minimum atomic E-state index is -0.746. The van der Waals surface area contributed by atoms with E-state index in [2.05, 4.69) is 20.8 Å². The average Bonchev–Trinajstić information content (AvgIpc) is 1.96. The summed E-state index contributed by atoms with van der Waals surface area (Å²) < 4.78 is 0. The van der Waals surface area contributed by atoms with Crippen LogP contribution in [0, 0.1) is 10.1 Å². The molecule has 11 heavy (non-hydrogen) atoms. The second-order valence-electron chi connectivity index (χ2n) is 2.16. The van der Waals surface area contributed by atoms with Gasteiger partial charge in [0.25, 0.3) is 5.09 Å². The molecular formula is C6H12BrNO3. The van der Waals surface area contributed by atoms with Gasteiger partial charge in [-0.3, -0.25) is 0 Å². The second-order valence-corrected chi connectivity index (χ2v) is 2.95. The van der Waals surface area contributed by atoms with Crippen LogP contribution in [-0.2, 0) is 4.84 Å². The van der Waals surface area contributed by atoms with Crippen molar-refractivity contribution in [2.24, 2.45) is 0 Å². The monoisotopic (exact) mass is 225 g/mol. The summed E-state index contributed by atoms with van der Waals surface area (Å²) in [5.41, 5.74) is 0. The third-order valence-corrected chi connectivity index (χ3v) is 1.79. The van der Waals surface area contributed by atoms with Crippen LogP contribution in [0.2, 0.25) is 0 Å². The van der Waals surface area contributed by atoms with Crippen LogP contribution in [0.1, 0.15) is 25.7 Å². The zero-order chi connectivity index (χ0) is 8.53. The van der Waals surface area contributed by atoms with Crippen molar-refractivity contribution in [2.75, 3.05) is 11.9 Å². The summed E-state index contributed by atoms with van der Waals surface area (Å²) in [7, 11) is 0. The summed E-state index contributed by atoms with van der Waals surface area (Å²) in [5, 5.41) is 9.92. The Bertz CT molecular complexity index is 110. The lowest BCUT2D eigenvalue weighted by molar-refractivity contribution is -0.757. The van der Waals surface area contributed by atoms with Gasteiger partial charge in [-0.2, -0.15) is 0 Å². The minimum absolute atomic E-state index is 0.231. The van der Waals surface area contributed by atoms with Gasteiger partial charge in [0.1, 0.15) is 0 Å². The Labute approximate surface area is 74.2 Å². The number of nitrogens with zero attached hydrogens (tertiary/aromatic N) is 1. The first-order chi connectivity index (χ1) is 5.27. The highest BCUT2D eigenvalue weighted by Crippen LogP contribution is 2.01. The van der Waals surface area contributed by atoms with Gasteiger partial charge in [0, 0.05) is 5.33 Å². The van der Waals surface area contributed by atoms with Crippen LogP contribution >= 0.6 is 15.9 Å². The molecule has 4 nitrogen and oxygen atoms in total. The van der Waals surface area contributed by atoms with E-state index in [-0.39, 0.29) is 6.61 Å². The molecule has 0 bridgehead atoms. The summed E-state index contributed by atoms with van der Waals surface area (Å²) in [4.78, 5) is 13.8. The molecule has 0 aromatic rings. The summed E-state index contributed by atoms with van der Waals surface area (Å²) in [6.07, 6.45) is 4.00. The molecule has 5 heteroatoms. The third kappa shape index (κ3) is 9.68. The van der Waals surface area contributed by atoms with Crippen LogP contribution in [0.15, 0.2) is 0 Å². The van der Waals surface area contributed by atoms with Crippen molar-refractivity contribution in [1.29, 1.82) is 0 Å². The standard InChI is InChI=1S/C6H12BrNO3/c7-5-3-1-2-4-6-11-8(9)10/h1-6H2. The first-order valence-electron chi connectivity index (χ1n) is 3.60. The van der Waals surface area contributed by atoms with Crippen LogP contribution in [0.4, 0.5) is 0 Å². The number of rotatable bonds is 7. The Morgan fingerprint density at radius 3 is 2.45 bits per heavy atom. The van der Waals surface area contributed by atoms with E-state index in [1.165, 1.54) is 0 Å². The van der Waals surface area contributed by atoms with Gasteiger partial charge in [-0.1, -0.05) is 28.8 Å². The molecule has 0 atom stereocenters. The van der Waals surface area contributed by atoms with Gasteiger partial charge in [0.05, 0.1) is 6.61 Å². The van der Waals surface area contributed by atoms with Crippen molar-refractivity contribution in [3.63, 3.8) is 0 Å².